The van der Waals surface area contributed by atoms with Gasteiger partial charge in [-0.3, -0.25) is 9.10 Å². The molecule has 1 amide bonds. The molecule has 0 heterocycles. The number of anilines is 2. The lowest BCUT2D eigenvalue weighted by atomic mass is 10.1. The van der Waals surface area contributed by atoms with Crippen LogP contribution in [0, 0.1) is 6.92 Å². The van der Waals surface area contributed by atoms with Crippen LogP contribution in [0.3, 0.4) is 0 Å². The fraction of sp³-hybridized carbons (Fsp3) is 0.316. The molecule has 6 nitrogen and oxygen atoms in total. The first kappa shape index (κ1) is 21.1. The van der Waals surface area contributed by atoms with E-state index in [4.69, 9.17) is 16.3 Å². The summed E-state index contributed by atoms with van der Waals surface area (Å²) in [5, 5.41) is 3.28. The van der Waals surface area contributed by atoms with E-state index in [1.165, 1.54) is 7.11 Å². The number of carbonyl (C=O) groups excluding carboxylic acids is 1. The first-order valence-corrected chi connectivity index (χ1v) is 10.6. The first-order valence-electron chi connectivity index (χ1n) is 8.37. The van der Waals surface area contributed by atoms with Crippen LogP contribution in [0.25, 0.3) is 0 Å². The summed E-state index contributed by atoms with van der Waals surface area (Å²) in [5.41, 5.74) is 1.77. The highest BCUT2D eigenvalue weighted by molar-refractivity contribution is 7.92. The fourth-order valence-corrected chi connectivity index (χ4v) is 4.12. The number of nitrogens with zero attached hydrogens (tertiary/aromatic N) is 1. The van der Waals surface area contributed by atoms with Gasteiger partial charge >= 0.3 is 0 Å². The third kappa shape index (κ3) is 5.14. The Morgan fingerprint density at radius 3 is 2.37 bits per heavy atom. The highest BCUT2D eigenvalue weighted by atomic mass is 35.5. The van der Waals surface area contributed by atoms with E-state index in [1.54, 1.807) is 49.4 Å². The van der Waals surface area contributed by atoms with Crippen LogP contribution in [0.2, 0.25) is 5.02 Å². The fourth-order valence-electron chi connectivity index (χ4n) is 2.73. The van der Waals surface area contributed by atoms with E-state index in [2.05, 4.69) is 5.32 Å². The van der Waals surface area contributed by atoms with Gasteiger partial charge < -0.3 is 10.1 Å². The van der Waals surface area contributed by atoms with Crippen LogP contribution in [0.1, 0.15) is 18.9 Å². The van der Waals surface area contributed by atoms with Crippen LogP contribution in [-0.2, 0) is 14.8 Å². The summed E-state index contributed by atoms with van der Waals surface area (Å²) in [5.74, 6) is 0.170. The van der Waals surface area contributed by atoms with Crippen molar-refractivity contribution < 1.29 is 17.9 Å². The van der Waals surface area contributed by atoms with E-state index in [0.29, 0.717) is 28.6 Å². The first-order chi connectivity index (χ1) is 12.7. The molecule has 0 aromatic heterocycles. The molecular weight excluding hydrogens is 388 g/mol. The molecule has 0 bridgehead atoms. The number of rotatable bonds is 7. The zero-order valence-corrected chi connectivity index (χ0v) is 17.3. The van der Waals surface area contributed by atoms with Crippen molar-refractivity contribution in [3.8, 4) is 5.75 Å². The predicted octanol–water partition coefficient (Wildman–Crippen LogP) is 3.84. The number of aryl methyl sites for hydroxylation is 1. The second-order valence-electron chi connectivity index (χ2n) is 6.13. The minimum Gasteiger partial charge on any atom is -0.497 e. The molecule has 1 N–H and O–H groups in total. The largest absolute Gasteiger partial charge is 0.497 e. The topological polar surface area (TPSA) is 75.7 Å². The van der Waals surface area contributed by atoms with Gasteiger partial charge in [0.2, 0.25) is 15.9 Å². The monoisotopic (exact) mass is 410 g/mol. The van der Waals surface area contributed by atoms with Gasteiger partial charge in [-0.25, -0.2) is 8.42 Å². The van der Waals surface area contributed by atoms with Gasteiger partial charge in [0.05, 0.1) is 19.1 Å². The molecule has 0 unspecified atom stereocenters. The molecule has 0 aliphatic carbocycles. The number of benzene rings is 2. The van der Waals surface area contributed by atoms with Gasteiger partial charge in [-0.1, -0.05) is 24.6 Å². The van der Waals surface area contributed by atoms with Crippen molar-refractivity contribution in [1.29, 1.82) is 0 Å². The second-order valence-corrected chi connectivity index (χ2v) is 8.43. The van der Waals surface area contributed by atoms with Crippen LogP contribution in [-0.4, -0.2) is 33.7 Å². The Bertz CT molecular complexity index is 914. The minimum atomic E-state index is -3.70. The van der Waals surface area contributed by atoms with Gasteiger partial charge in [0.15, 0.2) is 0 Å². The van der Waals surface area contributed by atoms with E-state index >= 15 is 0 Å². The quantitative estimate of drug-likeness (QED) is 0.752. The van der Waals surface area contributed by atoms with Gasteiger partial charge in [0.1, 0.15) is 11.8 Å². The summed E-state index contributed by atoms with van der Waals surface area (Å²) in [4.78, 5) is 12.9. The van der Waals surface area contributed by atoms with Crippen molar-refractivity contribution >= 4 is 38.9 Å². The third-order valence-corrected chi connectivity index (χ3v) is 5.53. The Morgan fingerprint density at radius 2 is 1.85 bits per heavy atom. The molecule has 146 valence electrons. The van der Waals surface area contributed by atoms with Gasteiger partial charge in [0, 0.05) is 10.7 Å². The number of hydrogen-bond donors (Lipinski definition) is 1. The summed E-state index contributed by atoms with van der Waals surface area (Å²) in [7, 11) is -2.17. The summed E-state index contributed by atoms with van der Waals surface area (Å²) < 4.78 is 31.2. The van der Waals surface area contributed by atoms with Crippen molar-refractivity contribution in [2.75, 3.05) is 23.0 Å². The minimum absolute atomic E-state index is 0.296. The number of ether oxygens (including phenoxy) is 1. The molecule has 8 heteroatoms. The van der Waals surface area contributed by atoms with Crippen LogP contribution in [0.15, 0.2) is 42.5 Å². The van der Waals surface area contributed by atoms with Crippen molar-refractivity contribution in [1.82, 2.24) is 0 Å². The van der Waals surface area contributed by atoms with Crippen molar-refractivity contribution in [3.05, 3.63) is 53.1 Å². The molecule has 27 heavy (non-hydrogen) atoms. The summed E-state index contributed by atoms with van der Waals surface area (Å²) in [6.07, 6.45) is 1.38. The molecule has 0 aliphatic heterocycles. The van der Waals surface area contributed by atoms with Gasteiger partial charge in [-0.15, -0.1) is 0 Å². The van der Waals surface area contributed by atoms with Gasteiger partial charge in [-0.05, 0) is 55.3 Å². The van der Waals surface area contributed by atoms with Crippen molar-refractivity contribution in [2.24, 2.45) is 0 Å². The zero-order chi connectivity index (χ0) is 20.2. The van der Waals surface area contributed by atoms with Gasteiger partial charge in [-0.2, -0.15) is 0 Å². The third-order valence-electron chi connectivity index (χ3n) is 4.11. The van der Waals surface area contributed by atoms with E-state index in [-0.39, 0.29) is 0 Å². The van der Waals surface area contributed by atoms with Crippen LogP contribution >= 0.6 is 11.6 Å². The number of halogens is 1. The number of amides is 1. The molecule has 0 fully saturated rings. The number of nitrogens with one attached hydrogen (secondary N) is 1. The standard InChI is InChI=1S/C19H23ClN2O4S/c1-5-18(19(23)21-17-12-14(20)7-6-13(17)2)22(27(4,24)25)15-8-10-16(26-3)11-9-15/h6-12,18H,5H2,1-4H3,(H,21,23)/t18-/m0/s1. The molecule has 0 spiro atoms. The van der Waals surface area contributed by atoms with Crippen LogP contribution in [0.4, 0.5) is 11.4 Å². The lowest BCUT2D eigenvalue weighted by Gasteiger charge is -2.30. The molecule has 2 aromatic rings. The Morgan fingerprint density at radius 1 is 1.22 bits per heavy atom. The summed E-state index contributed by atoms with van der Waals surface area (Å²) in [6.45, 7) is 3.60. The Hall–Kier alpha value is -2.25. The Kier molecular flexibility index (Phi) is 6.73. The number of sulfonamides is 1. The maximum Gasteiger partial charge on any atom is 0.248 e. The maximum atomic E-state index is 12.9. The highest BCUT2D eigenvalue weighted by Crippen LogP contribution is 2.26. The summed E-state index contributed by atoms with van der Waals surface area (Å²) in [6, 6.07) is 10.8. The van der Waals surface area contributed by atoms with E-state index in [9.17, 15) is 13.2 Å². The molecular formula is C19H23ClN2O4S. The predicted molar refractivity (Wildman–Crippen MR) is 109 cm³/mol. The number of carbonyl (C=O) groups is 1. The number of methoxy groups -OCH3 is 1. The molecule has 0 radical (unpaired) electrons. The van der Waals surface area contributed by atoms with Gasteiger partial charge in [0.25, 0.3) is 0 Å². The lowest BCUT2D eigenvalue weighted by Crippen LogP contribution is -2.47. The van der Waals surface area contributed by atoms with Crippen LogP contribution in [0.5, 0.6) is 5.75 Å². The van der Waals surface area contributed by atoms with E-state index in [0.717, 1.165) is 16.1 Å². The highest BCUT2D eigenvalue weighted by Gasteiger charge is 2.31. The maximum absolute atomic E-state index is 12.9. The molecule has 1 atom stereocenters. The molecule has 2 aromatic carbocycles. The van der Waals surface area contributed by atoms with Crippen molar-refractivity contribution in [3.63, 3.8) is 0 Å². The molecule has 0 saturated heterocycles. The lowest BCUT2D eigenvalue weighted by molar-refractivity contribution is -0.117. The van der Waals surface area contributed by atoms with E-state index < -0.39 is 22.0 Å². The molecule has 0 saturated carbocycles. The van der Waals surface area contributed by atoms with E-state index in [1.807, 2.05) is 6.92 Å². The summed E-state index contributed by atoms with van der Waals surface area (Å²) >= 11 is 6.00. The Balaban J connectivity index is 2.39. The van der Waals surface area contributed by atoms with Crippen molar-refractivity contribution in [2.45, 2.75) is 26.3 Å². The second kappa shape index (κ2) is 8.63. The average molecular weight is 411 g/mol. The normalized spacial score (nSPS) is 12.3. The number of hydrogen-bond acceptors (Lipinski definition) is 4. The molecule has 2 rings (SSSR count). The average Bonchev–Trinajstić information content (AvgIpc) is 2.61. The molecule has 0 aliphatic rings. The SMILES string of the molecule is CC[C@@H](C(=O)Nc1cc(Cl)ccc1C)N(c1ccc(OC)cc1)S(C)(=O)=O. The smallest absolute Gasteiger partial charge is 0.248 e. The zero-order valence-electron chi connectivity index (χ0n) is 15.7. The van der Waals surface area contributed by atoms with Crippen LogP contribution < -0.4 is 14.4 Å². The Labute approximate surface area is 165 Å².